The summed E-state index contributed by atoms with van der Waals surface area (Å²) in [5, 5.41) is 15.4. The van der Waals surface area contributed by atoms with Crippen molar-refractivity contribution in [1.29, 1.82) is 0 Å². The van der Waals surface area contributed by atoms with Gasteiger partial charge in [0.25, 0.3) is 0 Å². The quantitative estimate of drug-likeness (QED) is 0.526. The highest BCUT2D eigenvalue weighted by Gasteiger charge is 2.18. The van der Waals surface area contributed by atoms with E-state index < -0.39 is 8.07 Å². The van der Waals surface area contributed by atoms with Crippen LogP contribution in [-0.4, -0.2) is 28.7 Å². The highest BCUT2D eigenvalue weighted by Crippen LogP contribution is 1.95. The van der Waals surface area contributed by atoms with E-state index in [0.717, 1.165) is 5.32 Å². The lowest BCUT2D eigenvalue weighted by molar-refractivity contribution is 0.773. The van der Waals surface area contributed by atoms with Gasteiger partial charge in [-0.1, -0.05) is 19.6 Å². The van der Waals surface area contributed by atoms with Crippen molar-refractivity contribution in [2.75, 3.05) is 0 Å². The van der Waals surface area contributed by atoms with E-state index >= 15 is 0 Å². The molecule has 0 spiro atoms. The molecule has 0 radical (unpaired) electrons. The summed E-state index contributed by atoms with van der Waals surface area (Å²) in [7, 11) is -1.31. The minimum absolute atomic E-state index is 1.00. The average molecular weight is 154 g/mol. The molecule has 0 atom stereocenters. The van der Waals surface area contributed by atoms with Gasteiger partial charge in [0.05, 0.1) is 11.5 Å². The molecule has 0 bridgehead atoms. The molecule has 0 aliphatic carbocycles. The predicted molar refractivity (Wildman–Crippen MR) is 40.6 cm³/mol. The lowest BCUT2D eigenvalue weighted by Crippen LogP contribution is -2.41. The number of hydrogen-bond acceptors (Lipinski definition) is 4. The second kappa shape index (κ2) is 2.41. The molecule has 1 heterocycles. The summed E-state index contributed by atoms with van der Waals surface area (Å²) in [6, 6.07) is 0. The van der Waals surface area contributed by atoms with Gasteiger partial charge in [-0.3, -0.25) is 0 Å². The molecule has 0 saturated carbocycles. The van der Waals surface area contributed by atoms with Crippen LogP contribution in [0.2, 0.25) is 19.6 Å². The summed E-state index contributed by atoms with van der Waals surface area (Å²) in [4.78, 5) is 0. The number of hydrogen-bond donors (Lipinski definition) is 0. The Morgan fingerprint density at radius 3 is 2.20 bits per heavy atom. The van der Waals surface area contributed by atoms with E-state index in [0.29, 0.717) is 0 Å². The second-order valence-corrected chi connectivity index (χ2v) is 8.17. The van der Waals surface area contributed by atoms with Crippen LogP contribution in [0.1, 0.15) is 0 Å². The summed E-state index contributed by atoms with van der Waals surface area (Å²) in [6.45, 7) is 6.58. The van der Waals surface area contributed by atoms with E-state index in [4.69, 9.17) is 0 Å². The standard InChI is InChI=1S/C5H10N4Si/c1-10(2,3)5-4-6-8-9-7-5/h4H,1-3H3. The molecular formula is C5H10N4Si. The van der Waals surface area contributed by atoms with Crippen molar-refractivity contribution < 1.29 is 0 Å². The van der Waals surface area contributed by atoms with Crippen LogP contribution in [0.15, 0.2) is 6.20 Å². The zero-order chi connectivity index (χ0) is 7.61. The van der Waals surface area contributed by atoms with Crippen molar-refractivity contribution in [2.45, 2.75) is 19.6 Å². The van der Waals surface area contributed by atoms with Crippen LogP contribution in [0, 0.1) is 0 Å². The van der Waals surface area contributed by atoms with E-state index in [9.17, 15) is 0 Å². The normalized spacial score (nSPS) is 11.5. The molecule has 1 aromatic rings. The third-order valence-electron chi connectivity index (χ3n) is 1.19. The fraction of sp³-hybridized carbons (Fsp3) is 0.600. The van der Waals surface area contributed by atoms with E-state index in [1.165, 1.54) is 0 Å². The minimum atomic E-state index is -1.31. The van der Waals surface area contributed by atoms with Gasteiger partial charge < -0.3 is 0 Å². The molecule has 0 unspecified atom stereocenters. The Kier molecular flexibility index (Phi) is 1.75. The van der Waals surface area contributed by atoms with Crippen molar-refractivity contribution in [3.63, 3.8) is 0 Å². The second-order valence-electron chi connectivity index (χ2n) is 3.16. The zero-order valence-corrected chi connectivity index (χ0v) is 7.37. The van der Waals surface area contributed by atoms with Gasteiger partial charge in [-0.15, -0.1) is 10.2 Å². The highest BCUT2D eigenvalue weighted by molar-refractivity contribution is 6.87. The Morgan fingerprint density at radius 2 is 1.90 bits per heavy atom. The number of rotatable bonds is 1. The van der Waals surface area contributed by atoms with E-state index in [1.54, 1.807) is 6.20 Å². The van der Waals surface area contributed by atoms with Gasteiger partial charge in [0.1, 0.15) is 8.07 Å². The molecule has 0 fully saturated rings. The topological polar surface area (TPSA) is 51.6 Å². The van der Waals surface area contributed by atoms with Crippen LogP contribution in [0.5, 0.6) is 0 Å². The van der Waals surface area contributed by atoms with E-state index in [-0.39, 0.29) is 0 Å². The Hall–Kier alpha value is -0.843. The molecule has 0 N–H and O–H groups in total. The molecule has 10 heavy (non-hydrogen) atoms. The third kappa shape index (κ3) is 1.57. The Balaban J connectivity index is 2.97. The summed E-state index contributed by atoms with van der Waals surface area (Å²) in [6.07, 6.45) is 1.69. The van der Waals surface area contributed by atoms with Crippen LogP contribution in [0.4, 0.5) is 0 Å². The van der Waals surface area contributed by atoms with Crippen LogP contribution in [0.3, 0.4) is 0 Å². The lowest BCUT2D eigenvalue weighted by atomic mass is 10.9. The first-order chi connectivity index (χ1) is 4.61. The maximum atomic E-state index is 3.89. The molecule has 0 amide bonds. The first kappa shape index (κ1) is 7.27. The molecule has 0 aliphatic heterocycles. The molecular weight excluding hydrogens is 144 g/mol. The Labute approximate surface area is 60.7 Å². The molecule has 1 aromatic heterocycles. The van der Waals surface area contributed by atoms with Crippen LogP contribution < -0.4 is 5.32 Å². The third-order valence-corrected chi connectivity index (χ3v) is 2.96. The number of aromatic nitrogens is 4. The van der Waals surface area contributed by atoms with Gasteiger partial charge in [0, 0.05) is 0 Å². The van der Waals surface area contributed by atoms with Gasteiger partial charge in [-0.05, 0) is 10.4 Å². The van der Waals surface area contributed by atoms with Crippen LogP contribution in [0.25, 0.3) is 0 Å². The van der Waals surface area contributed by atoms with Gasteiger partial charge in [-0.2, -0.15) is 0 Å². The zero-order valence-electron chi connectivity index (χ0n) is 6.37. The largest absolute Gasteiger partial charge is 0.137 e. The molecule has 0 aromatic carbocycles. The highest BCUT2D eigenvalue weighted by atomic mass is 28.3. The number of nitrogens with zero attached hydrogens (tertiary/aromatic N) is 4. The smallest absolute Gasteiger partial charge is 0.106 e. The SMILES string of the molecule is C[Si](C)(C)c1cnnnn1. The van der Waals surface area contributed by atoms with Crippen molar-refractivity contribution in [3.05, 3.63) is 6.20 Å². The van der Waals surface area contributed by atoms with Crippen molar-refractivity contribution in [2.24, 2.45) is 0 Å². The molecule has 5 heteroatoms. The van der Waals surface area contributed by atoms with Gasteiger partial charge in [0.2, 0.25) is 0 Å². The van der Waals surface area contributed by atoms with Crippen molar-refractivity contribution >= 4 is 13.4 Å². The van der Waals surface area contributed by atoms with Crippen LogP contribution in [-0.2, 0) is 0 Å². The summed E-state index contributed by atoms with van der Waals surface area (Å²) in [5.41, 5.74) is 0. The fourth-order valence-corrected chi connectivity index (χ4v) is 1.33. The van der Waals surface area contributed by atoms with Gasteiger partial charge in [-0.25, -0.2) is 0 Å². The molecule has 54 valence electrons. The van der Waals surface area contributed by atoms with Gasteiger partial charge >= 0.3 is 0 Å². The monoisotopic (exact) mass is 154 g/mol. The average Bonchev–Trinajstić information content (AvgIpc) is 1.88. The summed E-state index contributed by atoms with van der Waals surface area (Å²) < 4.78 is 0. The van der Waals surface area contributed by atoms with E-state index in [1.807, 2.05) is 0 Å². The van der Waals surface area contributed by atoms with E-state index in [2.05, 4.69) is 40.3 Å². The maximum absolute atomic E-state index is 3.89. The van der Waals surface area contributed by atoms with Gasteiger partial charge in [0.15, 0.2) is 0 Å². The first-order valence-electron chi connectivity index (χ1n) is 3.12. The summed E-state index contributed by atoms with van der Waals surface area (Å²) in [5.74, 6) is 0. The maximum Gasteiger partial charge on any atom is 0.106 e. The fourth-order valence-electron chi connectivity index (χ4n) is 0.541. The Bertz CT molecular complexity index is 205. The van der Waals surface area contributed by atoms with Crippen molar-refractivity contribution in [3.8, 4) is 0 Å². The molecule has 4 nitrogen and oxygen atoms in total. The molecule has 0 aliphatic rings. The minimum Gasteiger partial charge on any atom is -0.137 e. The Morgan fingerprint density at radius 1 is 1.20 bits per heavy atom. The molecule has 0 saturated heterocycles. The first-order valence-corrected chi connectivity index (χ1v) is 6.62. The van der Waals surface area contributed by atoms with Crippen LogP contribution >= 0.6 is 0 Å². The summed E-state index contributed by atoms with van der Waals surface area (Å²) >= 11 is 0. The molecule has 1 rings (SSSR count). The predicted octanol–water partition coefficient (Wildman–Crippen LogP) is -0.188. The lowest BCUT2D eigenvalue weighted by Gasteiger charge is -2.11. The van der Waals surface area contributed by atoms with Crippen molar-refractivity contribution in [1.82, 2.24) is 20.6 Å².